The van der Waals surface area contributed by atoms with Gasteiger partial charge < -0.3 is 4.90 Å². The van der Waals surface area contributed by atoms with Gasteiger partial charge in [-0.2, -0.15) is 0 Å². The summed E-state index contributed by atoms with van der Waals surface area (Å²) in [6.07, 6.45) is 5.91. The molecule has 1 heterocycles. The van der Waals surface area contributed by atoms with Crippen LogP contribution in [0, 0.1) is 5.92 Å². The average molecular weight is 258 g/mol. The van der Waals surface area contributed by atoms with Crippen molar-refractivity contribution in [2.24, 2.45) is 5.92 Å². The quantitative estimate of drug-likeness (QED) is 0.471. The second-order valence-corrected chi connectivity index (χ2v) is 5.68. The van der Waals surface area contributed by atoms with E-state index >= 15 is 0 Å². The minimum atomic E-state index is 0.394. The normalized spacial score (nSPS) is 23.9. The second kappa shape index (κ2) is 5.23. The predicted octanol–water partition coefficient (Wildman–Crippen LogP) is 2.65. The van der Waals surface area contributed by atoms with E-state index in [0.29, 0.717) is 5.38 Å². The summed E-state index contributed by atoms with van der Waals surface area (Å²) in [5.41, 5.74) is 0. The van der Waals surface area contributed by atoms with Gasteiger partial charge in [0, 0.05) is 25.0 Å². The molecule has 1 aromatic rings. The van der Waals surface area contributed by atoms with Crippen LogP contribution in [0.2, 0.25) is 0 Å². The van der Waals surface area contributed by atoms with E-state index in [0.717, 1.165) is 36.1 Å². The Labute approximate surface area is 106 Å². The SMILES string of the molecule is CSc1cc(N(C)CC2CC(Cl)C2)ncn1. The van der Waals surface area contributed by atoms with Gasteiger partial charge in [0.2, 0.25) is 0 Å². The Morgan fingerprint density at radius 1 is 1.50 bits per heavy atom. The molecule has 0 aliphatic heterocycles. The van der Waals surface area contributed by atoms with Crippen LogP contribution in [0.3, 0.4) is 0 Å². The lowest BCUT2D eigenvalue weighted by Gasteiger charge is -2.34. The van der Waals surface area contributed by atoms with Gasteiger partial charge >= 0.3 is 0 Å². The summed E-state index contributed by atoms with van der Waals surface area (Å²) in [5, 5.41) is 1.41. The van der Waals surface area contributed by atoms with E-state index in [1.165, 1.54) is 0 Å². The molecular formula is C11H16ClN3S. The van der Waals surface area contributed by atoms with Gasteiger partial charge in [-0.1, -0.05) is 0 Å². The molecule has 0 radical (unpaired) electrons. The van der Waals surface area contributed by atoms with Crippen LogP contribution >= 0.6 is 23.4 Å². The molecule has 88 valence electrons. The third-order valence-corrected chi connectivity index (χ3v) is 3.94. The second-order valence-electron chi connectivity index (χ2n) is 4.23. The molecule has 0 N–H and O–H groups in total. The molecule has 0 aromatic carbocycles. The number of aromatic nitrogens is 2. The Morgan fingerprint density at radius 3 is 2.88 bits per heavy atom. The van der Waals surface area contributed by atoms with E-state index in [1.54, 1.807) is 18.1 Å². The first-order valence-electron chi connectivity index (χ1n) is 5.40. The first-order chi connectivity index (χ1) is 7.69. The molecule has 0 saturated heterocycles. The molecule has 16 heavy (non-hydrogen) atoms. The summed E-state index contributed by atoms with van der Waals surface area (Å²) in [6.45, 7) is 1.04. The van der Waals surface area contributed by atoms with Crippen molar-refractivity contribution in [1.82, 2.24) is 9.97 Å². The fourth-order valence-electron chi connectivity index (χ4n) is 1.93. The molecule has 1 aliphatic rings. The maximum Gasteiger partial charge on any atom is 0.132 e. The van der Waals surface area contributed by atoms with Gasteiger partial charge in [-0.25, -0.2) is 9.97 Å². The largest absolute Gasteiger partial charge is 0.359 e. The Kier molecular flexibility index (Phi) is 3.92. The molecule has 1 saturated carbocycles. The maximum absolute atomic E-state index is 5.97. The highest BCUT2D eigenvalue weighted by Gasteiger charge is 2.28. The van der Waals surface area contributed by atoms with E-state index in [1.807, 2.05) is 12.3 Å². The first-order valence-corrected chi connectivity index (χ1v) is 7.06. The highest BCUT2D eigenvalue weighted by atomic mass is 35.5. The fourth-order valence-corrected chi connectivity index (χ4v) is 2.81. The van der Waals surface area contributed by atoms with Gasteiger partial charge in [0.15, 0.2) is 0 Å². The molecule has 0 atom stereocenters. The first kappa shape index (κ1) is 12.0. The van der Waals surface area contributed by atoms with Gasteiger partial charge in [0.1, 0.15) is 17.2 Å². The smallest absolute Gasteiger partial charge is 0.132 e. The van der Waals surface area contributed by atoms with Crippen LogP contribution in [0.1, 0.15) is 12.8 Å². The Hall–Kier alpha value is -0.480. The topological polar surface area (TPSA) is 29.0 Å². The number of hydrogen-bond donors (Lipinski definition) is 0. The summed E-state index contributed by atoms with van der Waals surface area (Å²) in [4.78, 5) is 10.6. The molecular weight excluding hydrogens is 242 g/mol. The summed E-state index contributed by atoms with van der Waals surface area (Å²) >= 11 is 7.61. The Balaban J connectivity index is 1.94. The van der Waals surface area contributed by atoms with E-state index in [-0.39, 0.29) is 0 Å². The van der Waals surface area contributed by atoms with E-state index in [4.69, 9.17) is 11.6 Å². The standard InChI is InChI=1S/C11H16ClN3S/c1-15(6-8-3-9(12)4-8)10-5-11(16-2)14-7-13-10/h5,7-9H,3-4,6H2,1-2H3. The van der Waals surface area contributed by atoms with Crippen molar-refractivity contribution in [3.63, 3.8) is 0 Å². The van der Waals surface area contributed by atoms with Crippen LogP contribution in [0.4, 0.5) is 5.82 Å². The van der Waals surface area contributed by atoms with Crippen molar-refractivity contribution < 1.29 is 0 Å². The molecule has 0 spiro atoms. The summed E-state index contributed by atoms with van der Waals surface area (Å²) in [7, 11) is 2.08. The van der Waals surface area contributed by atoms with E-state index < -0.39 is 0 Å². The molecule has 5 heteroatoms. The van der Waals surface area contributed by atoms with Gasteiger partial charge in [-0.05, 0) is 25.0 Å². The van der Waals surface area contributed by atoms with Gasteiger partial charge in [0.25, 0.3) is 0 Å². The molecule has 0 amide bonds. The maximum atomic E-state index is 5.97. The molecule has 0 bridgehead atoms. The lowest BCUT2D eigenvalue weighted by molar-refractivity contribution is 0.328. The van der Waals surface area contributed by atoms with Crippen LogP contribution in [0.25, 0.3) is 0 Å². The zero-order valence-electron chi connectivity index (χ0n) is 9.56. The Morgan fingerprint density at radius 2 is 2.25 bits per heavy atom. The third-order valence-electron chi connectivity index (χ3n) is 2.94. The number of rotatable bonds is 4. The number of hydrogen-bond acceptors (Lipinski definition) is 4. The molecule has 2 rings (SSSR count). The van der Waals surface area contributed by atoms with Crippen molar-refractivity contribution >= 4 is 29.2 Å². The van der Waals surface area contributed by atoms with Crippen LogP contribution < -0.4 is 4.90 Å². The number of thioether (sulfide) groups is 1. The van der Waals surface area contributed by atoms with Crippen molar-refractivity contribution in [2.75, 3.05) is 24.7 Å². The van der Waals surface area contributed by atoms with Gasteiger partial charge in [-0.3, -0.25) is 0 Å². The zero-order chi connectivity index (χ0) is 11.5. The molecule has 1 aliphatic carbocycles. The molecule has 1 aromatic heterocycles. The minimum Gasteiger partial charge on any atom is -0.359 e. The number of anilines is 1. The van der Waals surface area contributed by atoms with Crippen LogP contribution in [-0.2, 0) is 0 Å². The minimum absolute atomic E-state index is 0.394. The third kappa shape index (κ3) is 2.80. The number of nitrogens with zero attached hydrogens (tertiary/aromatic N) is 3. The summed E-state index contributed by atoms with van der Waals surface area (Å²) in [5.74, 6) is 1.72. The highest BCUT2D eigenvalue weighted by molar-refractivity contribution is 7.98. The molecule has 3 nitrogen and oxygen atoms in total. The molecule has 1 fully saturated rings. The fraction of sp³-hybridized carbons (Fsp3) is 0.636. The predicted molar refractivity (Wildman–Crippen MR) is 69.4 cm³/mol. The number of alkyl halides is 1. The van der Waals surface area contributed by atoms with Crippen molar-refractivity contribution in [2.45, 2.75) is 23.2 Å². The van der Waals surface area contributed by atoms with Gasteiger partial charge in [0.05, 0.1) is 0 Å². The van der Waals surface area contributed by atoms with Crippen molar-refractivity contribution in [1.29, 1.82) is 0 Å². The zero-order valence-corrected chi connectivity index (χ0v) is 11.1. The molecule has 0 unspecified atom stereocenters. The van der Waals surface area contributed by atoms with Crippen LogP contribution in [0.15, 0.2) is 17.4 Å². The lowest BCUT2D eigenvalue weighted by Crippen LogP contribution is -2.35. The summed E-state index contributed by atoms with van der Waals surface area (Å²) in [6, 6.07) is 2.03. The van der Waals surface area contributed by atoms with Crippen molar-refractivity contribution in [3.8, 4) is 0 Å². The lowest BCUT2D eigenvalue weighted by atomic mass is 9.84. The average Bonchev–Trinajstić information content (AvgIpc) is 2.27. The van der Waals surface area contributed by atoms with Gasteiger partial charge in [-0.15, -0.1) is 23.4 Å². The highest BCUT2D eigenvalue weighted by Crippen LogP contribution is 2.33. The summed E-state index contributed by atoms with van der Waals surface area (Å²) < 4.78 is 0. The monoisotopic (exact) mass is 257 g/mol. The van der Waals surface area contributed by atoms with Crippen LogP contribution in [0.5, 0.6) is 0 Å². The Bertz CT molecular complexity index is 355. The van der Waals surface area contributed by atoms with E-state index in [9.17, 15) is 0 Å². The van der Waals surface area contributed by atoms with Crippen LogP contribution in [-0.4, -0.2) is 35.2 Å². The van der Waals surface area contributed by atoms with Crippen molar-refractivity contribution in [3.05, 3.63) is 12.4 Å². The number of halogens is 1. The van der Waals surface area contributed by atoms with E-state index in [2.05, 4.69) is 21.9 Å².